The Labute approximate surface area is 67.8 Å². The van der Waals surface area contributed by atoms with E-state index >= 15 is 0 Å². The molecular weight excluding hydrogens is 174 g/mol. The third-order valence-electron chi connectivity index (χ3n) is 1.20. The Bertz CT molecular complexity index is 204. The number of hydrogen-bond donors (Lipinski definition) is 0. The molecule has 0 atom stereocenters. The van der Waals surface area contributed by atoms with Crippen LogP contribution in [0.3, 0.4) is 0 Å². The van der Waals surface area contributed by atoms with Gasteiger partial charge in [-0.2, -0.15) is 4.42 Å². The van der Waals surface area contributed by atoms with Crippen LogP contribution >= 0.6 is 23.5 Å². The number of rotatable bonds is 0. The summed E-state index contributed by atoms with van der Waals surface area (Å²) in [6, 6.07) is 0. The molecule has 56 valence electrons. The van der Waals surface area contributed by atoms with E-state index in [9.17, 15) is 9.59 Å². The third-order valence-corrected chi connectivity index (χ3v) is 2.65. The van der Waals surface area contributed by atoms with Gasteiger partial charge in [-0.3, -0.25) is 9.59 Å². The number of halogens is 1. The minimum Gasteiger partial charge on any atom is -0.271 e. The summed E-state index contributed by atoms with van der Waals surface area (Å²) in [5, 5.41) is -0.392. The molecule has 0 unspecified atom stereocenters. The molecule has 5 heteroatoms. The monoisotopic (exact) mass is 179 g/mol. The normalized spacial score (nSPS) is 24.1. The van der Waals surface area contributed by atoms with Crippen molar-refractivity contribution in [3.8, 4) is 0 Å². The van der Waals surface area contributed by atoms with Gasteiger partial charge in [-0.15, -0.1) is 0 Å². The van der Waals surface area contributed by atoms with Gasteiger partial charge in [-0.25, -0.2) is 0 Å². The van der Waals surface area contributed by atoms with Crippen LogP contribution in [-0.4, -0.2) is 20.3 Å². The Hall–Kier alpha value is -0.220. The molecule has 0 saturated carbocycles. The molecule has 0 aromatic rings. The smallest absolute Gasteiger partial charge is 0.271 e. The third kappa shape index (κ3) is 1.01. The lowest BCUT2D eigenvalue weighted by atomic mass is 10.2. The lowest BCUT2D eigenvalue weighted by Crippen LogP contribution is -2.29. The predicted octanol–water partition coefficient (Wildman–Crippen LogP) is 1.61. The van der Waals surface area contributed by atoms with Crippen LogP contribution in [0.5, 0.6) is 0 Å². The molecule has 3 nitrogen and oxygen atoms in total. The Balaban J connectivity index is 2.92. The number of thioether (sulfide) groups is 1. The first-order valence-electron chi connectivity index (χ1n) is 2.68. The number of nitrogens with zero attached hydrogens (tertiary/aromatic N) is 1. The predicted molar refractivity (Wildman–Crippen MR) is 39.8 cm³/mol. The summed E-state index contributed by atoms with van der Waals surface area (Å²) >= 11 is 6.26. The number of carbonyl (C=O) groups excluding carboxylic acids is 2. The van der Waals surface area contributed by atoms with Gasteiger partial charge in [0.15, 0.2) is 0 Å². The highest BCUT2D eigenvalue weighted by molar-refractivity contribution is 8.16. The SMILES string of the molecule is CC1(C)SC(=O)N(Cl)C1=O. The largest absolute Gasteiger partial charge is 0.304 e. The highest BCUT2D eigenvalue weighted by Crippen LogP contribution is 2.37. The molecule has 1 heterocycles. The topological polar surface area (TPSA) is 37.4 Å². The molecule has 1 rings (SSSR count). The van der Waals surface area contributed by atoms with Gasteiger partial charge in [0.05, 0.1) is 0 Å². The molecule has 1 saturated heterocycles. The molecule has 10 heavy (non-hydrogen) atoms. The van der Waals surface area contributed by atoms with E-state index in [1.54, 1.807) is 13.8 Å². The molecule has 0 bridgehead atoms. The quantitative estimate of drug-likeness (QED) is 0.531. The molecule has 0 aromatic carbocycles. The van der Waals surface area contributed by atoms with Crippen molar-refractivity contribution in [3.63, 3.8) is 0 Å². The Morgan fingerprint density at radius 2 is 2.00 bits per heavy atom. The standard InChI is InChI=1S/C5H6ClNO2S/c1-5(2)3(8)7(6)4(9)10-5/h1-2H3. The summed E-state index contributed by atoms with van der Waals surface area (Å²) in [5.74, 6) is -0.343. The molecule has 1 aliphatic rings. The van der Waals surface area contributed by atoms with Gasteiger partial charge in [-0.05, 0) is 25.6 Å². The maximum Gasteiger partial charge on any atom is 0.304 e. The second-order valence-electron chi connectivity index (χ2n) is 2.46. The number of imide groups is 1. The van der Waals surface area contributed by atoms with E-state index in [2.05, 4.69) is 0 Å². The number of hydrogen-bond acceptors (Lipinski definition) is 3. The summed E-state index contributed by atoms with van der Waals surface area (Å²) in [6.07, 6.45) is 0. The zero-order valence-corrected chi connectivity index (χ0v) is 7.12. The van der Waals surface area contributed by atoms with Gasteiger partial charge in [0.2, 0.25) is 0 Å². The van der Waals surface area contributed by atoms with Crippen molar-refractivity contribution in [2.45, 2.75) is 18.6 Å². The van der Waals surface area contributed by atoms with Crippen molar-refractivity contribution in [1.82, 2.24) is 4.42 Å². The fourth-order valence-corrected chi connectivity index (χ4v) is 1.76. The number of amides is 2. The first kappa shape index (κ1) is 7.88. The molecule has 0 N–H and O–H groups in total. The van der Waals surface area contributed by atoms with Crippen molar-refractivity contribution < 1.29 is 9.59 Å². The summed E-state index contributed by atoms with van der Waals surface area (Å²) in [5.41, 5.74) is 0. The number of carbonyl (C=O) groups is 2. The van der Waals surface area contributed by atoms with E-state index < -0.39 is 9.99 Å². The fraction of sp³-hybridized carbons (Fsp3) is 0.600. The Morgan fingerprint density at radius 1 is 1.50 bits per heavy atom. The van der Waals surface area contributed by atoms with Gasteiger partial charge in [0, 0.05) is 11.8 Å². The Kier molecular flexibility index (Phi) is 1.68. The van der Waals surface area contributed by atoms with E-state index in [0.29, 0.717) is 4.42 Å². The highest BCUT2D eigenvalue weighted by Gasteiger charge is 2.45. The van der Waals surface area contributed by atoms with Crippen molar-refractivity contribution in [1.29, 1.82) is 0 Å². The van der Waals surface area contributed by atoms with Crippen molar-refractivity contribution >= 4 is 34.7 Å². The first-order chi connectivity index (χ1) is 4.45. The van der Waals surface area contributed by atoms with Gasteiger partial charge in [0.1, 0.15) is 4.75 Å². The molecule has 1 aliphatic heterocycles. The van der Waals surface area contributed by atoms with Gasteiger partial charge in [-0.1, -0.05) is 0 Å². The van der Waals surface area contributed by atoms with Gasteiger partial charge < -0.3 is 0 Å². The molecular formula is C5H6ClNO2S. The van der Waals surface area contributed by atoms with Crippen LogP contribution in [0.2, 0.25) is 0 Å². The molecule has 0 aliphatic carbocycles. The average molecular weight is 180 g/mol. The molecule has 2 amide bonds. The second-order valence-corrected chi connectivity index (χ2v) is 4.38. The van der Waals surface area contributed by atoms with Crippen LogP contribution in [0.25, 0.3) is 0 Å². The molecule has 1 fully saturated rings. The van der Waals surface area contributed by atoms with Crippen LogP contribution in [0.1, 0.15) is 13.8 Å². The zero-order chi connectivity index (χ0) is 7.94. The lowest BCUT2D eigenvalue weighted by molar-refractivity contribution is -0.125. The van der Waals surface area contributed by atoms with E-state index in [1.807, 2.05) is 0 Å². The van der Waals surface area contributed by atoms with Crippen LogP contribution in [0.15, 0.2) is 0 Å². The molecule has 0 spiro atoms. The van der Waals surface area contributed by atoms with Crippen LogP contribution in [0, 0.1) is 0 Å². The maximum absolute atomic E-state index is 11.0. The summed E-state index contributed by atoms with van der Waals surface area (Å²) < 4.78 is -0.0521. The Morgan fingerprint density at radius 3 is 2.10 bits per heavy atom. The second kappa shape index (κ2) is 2.13. The van der Waals surface area contributed by atoms with Gasteiger partial charge in [0.25, 0.3) is 5.91 Å². The summed E-state index contributed by atoms with van der Waals surface area (Å²) in [6.45, 7) is 3.33. The van der Waals surface area contributed by atoms with Crippen LogP contribution in [-0.2, 0) is 4.79 Å². The van der Waals surface area contributed by atoms with E-state index in [1.165, 1.54) is 0 Å². The van der Waals surface area contributed by atoms with Crippen molar-refractivity contribution in [2.24, 2.45) is 0 Å². The van der Waals surface area contributed by atoms with E-state index in [0.717, 1.165) is 11.8 Å². The van der Waals surface area contributed by atoms with Gasteiger partial charge >= 0.3 is 5.24 Å². The minimum absolute atomic E-state index is 0.343. The van der Waals surface area contributed by atoms with Crippen molar-refractivity contribution in [3.05, 3.63) is 0 Å². The average Bonchev–Trinajstić information content (AvgIpc) is 1.95. The maximum atomic E-state index is 11.0. The van der Waals surface area contributed by atoms with Crippen molar-refractivity contribution in [2.75, 3.05) is 0 Å². The van der Waals surface area contributed by atoms with Crippen LogP contribution < -0.4 is 0 Å². The molecule has 0 radical (unpaired) electrons. The summed E-state index contributed by atoms with van der Waals surface area (Å²) in [4.78, 5) is 21.7. The van der Waals surface area contributed by atoms with Crippen LogP contribution in [0.4, 0.5) is 4.79 Å². The lowest BCUT2D eigenvalue weighted by Gasteiger charge is -2.09. The van der Waals surface area contributed by atoms with E-state index in [-0.39, 0.29) is 5.91 Å². The zero-order valence-electron chi connectivity index (χ0n) is 5.55. The summed E-state index contributed by atoms with van der Waals surface area (Å²) in [7, 11) is 0. The van der Waals surface area contributed by atoms with E-state index in [4.69, 9.17) is 11.8 Å². The molecule has 0 aromatic heterocycles. The fourth-order valence-electron chi connectivity index (χ4n) is 0.621. The first-order valence-corrected chi connectivity index (χ1v) is 3.84. The highest BCUT2D eigenvalue weighted by atomic mass is 35.5. The minimum atomic E-state index is -0.682.